The molecule has 0 amide bonds. The van der Waals surface area contributed by atoms with Gasteiger partial charge in [0.1, 0.15) is 24.8 Å². The van der Waals surface area contributed by atoms with E-state index in [0.717, 1.165) is 16.6 Å². The summed E-state index contributed by atoms with van der Waals surface area (Å²) in [6.07, 6.45) is 0. The smallest absolute Gasteiger partial charge is 0.140 e. The Kier molecular flexibility index (Phi) is 4.76. The van der Waals surface area contributed by atoms with Crippen LogP contribution in [-0.4, -0.2) is 14.7 Å². The maximum Gasteiger partial charge on any atom is 0.140 e. The second-order valence-electron chi connectivity index (χ2n) is 5.08. The fourth-order valence-corrected chi connectivity index (χ4v) is 2.93. The molecule has 120 valence electrons. The number of aromatic nitrogens is 2. The highest BCUT2D eigenvalue weighted by Gasteiger charge is 2.13. The van der Waals surface area contributed by atoms with Gasteiger partial charge in [0.05, 0.1) is 16.1 Å². The number of fused-ring (bicyclic) bond motifs is 1. The number of nitrogens with zero attached hydrogens (tertiary/aromatic N) is 2. The average molecular weight is 351 g/mol. The van der Waals surface area contributed by atoms with Gasteiger partial charge < -0.3 is 14.4 Å². The Morgan fingerprint density at radius 3 is 2.65 bits per heavy atom. The van der Waals surface area contributed by atoms with E-state index < -0.39 is 0 Å². The van der Waals surface area contributed by atoms with Gasteiger partial charge in [-0.2, -0.15) is 0 Å². The first kappa shape index (κ1) is 16.1. The van der Waals surface area contributed by atoms with E-state index in [1.54, 1.807) is 6.07 Å². The predicted molar refractivity (Wildman–Crippen MR) is 92.1 cm³/mol. The largest absolute Gasteiger partial charge is 0.487 e. The Labute approximate surface area is 144 Å². The topological polar surface area (TPSA) is 47.3 Å². The molecule has 1 heterocycles. The molecule has 3 aromatic rings. The molecular weight excluding hydrogens is 335 g/mol. The zero-order chi connectivity index (χ0) is 16.4. The number of hydrogen-bond acceptors (Lipinski definition) is 3. The third-order valence-electron chi connectivity index (χ3n) is 3.68. The van der Waals surface area contributed by atoms with Crippen molar-refractivity contribution in [3.8, 4) is 5.75 Å². The molecule has 0 saturated heterocycles. The van der Waals surface area contributed by atoms with Crippen LogP contribution in [0.3, 0.4) is 0 Å². The molecule has 0 unspecified atom stereocenters. The minimum absolute atomic E-state index is 0.115. The number of aliphatic hydroxyl groups excluding tert-OH is 1. The van der Waals surface area contributed by atoms with Crippen molar-refractivity contribution in [2.24, 2.45) is 0 Å². The lowest BCUT2D eigenvalue weighted by Crippen LogP contribution is -2.01. The monoisotopic (exact) mass is 350 g/mol. The maximum atomic E-state index is 9.41. The first-order valence-corrected chi connectivity index (χ1v) is 8.05. The molecule has 0 bridgehead atoms. The Morgan fingerprint density at radius 1 is 1.17 bits per heavy atom. The molecule has 0 fully saturated rings. The molecule has 1 N–H and O–H groups in total. The van der Waals surface area contributed by atoms with Crippen LogP contribution in [0.5, 0.6) is 5.75 Å². The summed E-state index contributed by atoms with van der Waals surface area (Å²) in [5, 5.41) is 10.5. The van der Waals surface area contributed by atoms with Crippen LogP contribution in [0, 0.1) is 0 Å². The molecule has 0 radical (unpaired) electrons. The highest BCUT2D eigenvalue weighted by atomic mass is 35.5. The zero-order valence-corrected chi connectivity index (χ0v) is 14.1. The third kappa shape index (κ3) is 3.15. The Bertz CT molecular complexity index is 846. The minimum Gasteiger partial charge on any atom is -0.487 e. The van der Waals surface area contributed by atoms with Crippen molar-refractivity contribution in [2.45, 2.75) is 26.7 Å². The number of hydrogen-bond donors (Lipinski definition) is 1. The van der Waals surface area contributed by atoms with Gasteiger partial charge in [0.2, 0.25) is 0 Å². The predicted octanol–water partition coefficient (Wildman–Crippen LogP) is 4.43. The van der Waals surface area contributed by atoms with Gasteiger partial charge in [-0.1, -0.05) is 41.4 Å². The normalized spacial score (nSPS) is 11.1. The molecule has 2 aromatic carbocycles. The third-order valence-corrected chi connectivity index (χ3v) is 4.34. The van der Waals surface area contributed by atoms with E-state index in [0.29, 0.717) is 34.8 Å². The van der Waals surface area contributed by atoms with E-state index in [-0.39, 0.29) is 6.61 Å². The van der Waals surface area contributed by atoms with E-state index in [1.807, 2.05) is 41.8 Å². The molecule has 0 aliphatic carbocycles. The van der Waals surface area contributed by atoms with Gasteiger partial charge in [-0.3, -0.25) is 0 Å². The molecule has 0 aliphatic heterocycles. The highest BCUT2D eigenvalue weighted by Crippen LogP contribution is 2.31. The van der Waals surface area contributed by atoms with Crippen molar-refractivity contribution >= 4 is 34.2 Å². The fourth-order valence-electron chi connectivity index (χ4n) is 2.53. The molecule has 23 heavy (non-hydrogen) atoms. The summed E-state index contributed by atoms with van der Waals surface area (Å²) < 4.78 is 7.77. The van der Waals surface area contributed by atoms with Crippen LogP contribution in [0.1, 0.15) is 18.3 Å². The number of aliphatic hydroxyl groups is 1. The van der Waals surface area contributed by atoms with E-state index >= 15 is 0 Å². The Morgan fingerprint density at radius 2 is 1.96 bits per heavy atom. The number of aryl methyl sites for hydroxylation is 1. The van der Waals surface area contributed by atoms with Gasteiger partial charge >= 0.3 is 0 Å². The van der Waals surface area contributed by atoms with E-state index in [9.17, 15) is 5.11 Å². The standard InChI is InChI=1S/C17H16Cl2N2O2/c1-2-21-15-8-16(13(19)7-14(15)20-17(21)9-22)23-10-11-5-3-4-6-12(11)18/h3-8,22H,2,9-10H2,1H3. The van der Waals surface area contributed by atoms with Crippen molar-refractivity contribution in [2.75, 3.05) is 0 Å². The van der Waals surface area contributed by atoms with Crippen molar-refractivity contribution in [3.05, 3.63) is 57.8 Å². The Hall–Kier alpha value is -1.75. The number of imidazole rings is 1. The Balaban J connectivity index is 1.94. The minimum atomic E-state index is -0.115. The second-order valence-corrected chi connectivity index (χ2v) is 5.90. The number of benzene rings is 2. The van der Waals surface area contributed by atoms with Crippen LogP contribution in [0.4, 0.5) is 0 Å². The lowest BCUT2D eigenvalue weighted by atomic mass is 10.2. The van der Waals surface area contributed by atoms with Crippen molar-refractivity contribution in [1.29, 1.82) is 0 Å². The number of ether oxygens (including phenoxy) is 1. The van der Waals surface area contributed by atoms with Gasteiger partial charge in [0.15, 0.2) is 0 Å². The molecule has 0 saturated carbocycles. The summed E-state index contributed by atoms with van der Waals surface area (Å²) in [6.45, 7) is 2.92. The van der Waals surface area contributed by atoms with Crippen LogP contribution < -0.4 is 4.74 Å². The van der Waals surface area contributed by atoms with Gasteiger partial charge in [-0.15, -0.1) is 0 Å². The van der Waals surface area contributed by atoms with E-state index in [1.165, 1.54) is 0 Å². The van der Waals surface area contributed by atoms with Crippen LogP contribution in [0.2, 0.25) is 10.0 Å². The van der Waals surface area contributed by atoms with Gasteiger partial charge in [0.25, 0.3) is 0 Å². The first-order chi connectivity index (χ1) is 11.1. The average Bonchev–Trinajstić information content (AvgIpc) is 2.90. The number of rotatable bonds is 5. The molecule has 6 heteroatoms. The zero-order valence-electron chi connectivity index (χ0n) is 12.6. The molecule has 0 atom stereocenters. The summed E-state index contributed by atoms with van der Waals surface area (Å²) in [5.41, 5.74) is 2.52. The summed E-state index contributed by atoms with van der Waals surface area (Å²) in [4.78, 5) is 4.39. The van der Waals surface area contributed by atoms with E-state index in [2.05, 4.69) is 4.98 Å². The lowest BCUT2D eigenvalue weighted by molar-refractivity contribution is 0.266. The SMILES string of the molecule is CCn1c(CO)nc2cc(Cl)c(OCc3ccccc3Cl)cc21. The maximum absolute atomic E-state index is 9.41. The summed E-state index contributed by atoms with van der Waals surface area (Å²) in [5.74, 6) is 1.18. The fraction of sp³-hybridized carbons (Fsp3) is 0.235. The molecule has 0 spiro atoms. The van der Waals surface area contributed by atoms with Crippen LogP contribution in [0.25, 0.3) is 11.0 Å². The summed E-state index contributed by atoms with van der Waals surface area (Å²) in [7, 11) is 0. The first-order valence-electron chi connectivity index (χ1n) is 7.29. The quantitative estimate of drug-likeness (QED) is 0.740. The molecule has 1 aromatic heterocycles. The summed E-state index contributed by atoms with van der Waals surface area (Å²) >= 11 is 12.4. The molecule has 0 aliphatic rings. The van der Waals surface area contributed by atoms with Crippen molar-refractivity contribution in [1.82, 2.24) is 9.55 Å². The van der Waals surface area contributed by atoms with Crippen LogP contribution in [0.15, 0.2) is 36.4 Å². The van der Waals surface area contributed by atoms with Crippen LogP contribution in [-0.2, 0) is 19.8 Å². The van der Waals surface area contributed by atoms with Crippen molar-refractivity contribution in [3.63, 3.8) is 0 Å². The highest BCUT2D eigenvalue weighted by molar-refractivity contribution is 6.32. The molecule has 3 rings (SSSR count). The van der Waals surface area contributed by atoms with Gasteiger partial charge in [-0.25, -0.2) is 4.98 Å². The van der Waals surface area contributed by atoms with E-state index in [4.69, 9.17) is 27.9 Å². The second kappa shape index (κ2) is 6.79. The van der Waals surface area contributed by atoms with Crippen LogP contribution >= 0.6 is 23.2 Å². The number of halogens is 2. The van der Waals surface area contributed by atoms with Gasteiger partial charge in [-0.05, 0) is 19.1 Å². The molecule has 4 nitrogen and oxygen atoms in total. The van der Waals surface area contributed by atoms with Gasteiger partial charge in [0, 0.05) is 23.2 Å². The van der Waals surface area contributed by atoms with Crippen molar-refractivity contribution < 1.29 is 9.84 Å². The lowest BCUT2D eigenvalue weighted by Gasteiger charge is -2.10. The summed E-state index contributed by atoms with van der Waals surface area (Å²) in [6, 6.07) is 11.1. The molecular formula is C17H16Cl2N2O2.